The Balaban J connectivity index is 2.00. The highest BCUT2D eigenvalue weighted by Crippen LogP contribution is 2.14. The molecule has 1 aromatic carbocycles. The molecule has 1 aromatic heterocycles. The van der Waals surface area contributed by atoms with Crippen molar-refractivity contribution >= 4 is 17.8 Å². The van der Waals surface area contributed by atoms with E-state index in [1.54, 1.807) is 6.21 Å². The molecule has 21 heavy (non-hydrogen) atoms. The molecule has 2 rings (SSSR count). The lowest BCUT2D eigenvalue weighted by atomic mass is 10.2. The minimum Gasteiger partial charge on any atom is -0.425 e. The standard InChI is InChI=1S/C15H17N5O/c1-3-20(4-2)13-7-5-12(6-8-13)10-18-19-15-14(9-16)17-11-21-15/h5-8,10-11,19H,3-4H2,1-2H3. The molecule has 0 radical (unpaired) electrons. The van der Waals surface area contributed by atoms with Gasteiger partial charge in [0, 0.05) is 18.8 Å². The van der Waals surface area contributed by atoms with Crippen molar-refractivity contribution in [2.75, 3.05) is 23.4 Å². The number of oxazole rings is 1. The second-order valence-electron chi connectivity index (χ2n) is 4.28. The van der Waals surface area contributed by atoms with E-state index >= 15 is 0 Å². The van der Waals surface area contributed by atoms with E-state index in [1.807, 2.05) is 18.2 Å². The molecule has 0 spiro atoms. The lowest BCUT2D eigenvalue weighted by Gasteiger charge is -2.20. The van der Waals surface area contributed by atoms with Crippen LogP contribution in [0.25, 0.3) is 0 Å². The molecule has 1 heterocycles. The lowest BCUT2D eigenvalue weighted by Crippen LogP contribution is -2.21. The van der Waals surface area contributed by atoms with Gasteiger partial charge in [-0.15, -0.1) is 0 Å². The number of hydrazone groups is 1. The maximum atomic E-state index is 8.78. The van der Waals surface area contributed by atoms with E-state index in [0.717, 1.165) is 18.7 Å². The Kier molecular flexibility index (Phi) is 4.94. The van der Waals surface area contributed by atoms with Crippen molar-refractivity contribution in [2.45, 2.75) is 13.8 Å². The van der Waals surface area contributed by atoms with Gasteiger partial charge >= 0.3 is 0 Å². The van der Waals surface area contributed by atoms with Gasteiger partial charge in [-0.25, -0.2) is 10.4 Å². The number of hydrogen-bond acceptors (Lipinski definition) is 6. The number of nitriles is 1. The van der Waals surface area contributed by atoms with Crippen LogP contribution >= 0.6 is 0 Å². The van der Waals surface area contributed by atoms with Crippen molar-refractivity contribution in [1.82, 2.24) is 4.98 Å². The van der Waals surface area contributed by atoms with Gasteiger partial charge in [0.1, 0.15) is 6.07 Å². The molecular formula is C15H17N5O. The van der Waals surface area contributed by atoms with Gasteiger partial charge in [-0.1, -0.05) is 12.1 Å². The number of nitrogens with one attached hydrogen (secondary N) is 1. The molecule has 0 aliphatic carbocycles. The smallest absolute Gasteiger partial charge is 0.251 e. The summed E-state index contributed by atoms with van der Waals surface area (Å²) >= 11 is 0. The molecule has 0 amide bonds. The predicted molar refractivity (Wildman–Crippen MR) is 82.4 cm³/mol. The topological polar surface area (TPSA) is 77.4 Å². The summed E-state index contributed by atoms with van der Waals surface area (Å²) in [5.41, 5.74) is 4.99. The highest BCUT2D eigenvalue weighted by Gasteiger charge is 2.05. The molecule has 1 N–H and O–H groups in total. The molecule has 2 aromatic rings. The van der Waals surface area contributed by atoms with Gasteiger partial charge in [0.15, 0.2) is 6.39 Å². The molecule has 0 bridgehead atoms. The summed E-state index contributed by atoms with van der Waals surface area (Å²) in [6.45, 7) is 6.22. The third kappa shape index (κ3) is 3.60. The molecule has 0 saturated carbocycles. The average Bonchev–Trinajstić information content (AvgIpc) is 2.97. The van der Waals surface area contributed by atoms with E-state index in [1.165, 1.54) is 12.1 Å². The van der Waals surface area contributed by atoms with Crippen molar-refractivity contribution in [3.63, 3.8) is 0 Å². The fourth-order valence-corrected chi connectivity index (χ4v) is 1.93. The Labute approximate surface area is 123 Å². The van der Waals surface area contributed by atoms with Gasteiger partial charge in [-0.05, 0) is 31.5 Å². The van der Waals surface area contributed by atoms with Crippen LogP contribution < -0.4 is 10.3 Å². The van der Waals surface area contributed by atoms with Crippen molar-refractivity contribution in [2.24, 2.45) is 5.10 Å². The highest BCUT2D eigenvalue weighted by atomic mass is 16.4. The number of rotatable bonds is 6. The predicted octanol–water partition coefficient (Wildman–Crippen LogP) is 2.84. The summed E-state index contributed by atoms with van der Waals surface area (Å²) < 4.78 is 5.01. The Morgan fingerprint density at radius 3 is 2.67 bits per heavy atom. The first kappa shape index (κ1) is 14.6. The van der Waals surface area contributed by atoms with Crippen molar-refractivity contribution < 1.29 is 4.42 Å². The highest BCUT2D eigenvalue weighted by molar-refractivity contribution is 5.80. The molecule has 0 aliphatic rings. The van der Waals surface area contributed by atoms with Crippen LogP contribution in [0.4, 0.5) is 11.6 Å². The third-order valence-electron chi connectivity index (χ3n) is 3.07. The van der Waals surface area contributed by atoms with Gasteiger partial charge in [0.05, 0.1) is 6.21 Å². The zero-order valence-electron chi connectivity index (χ0n) is 12.1. The monoisotopic (exact) mass is 283 g/mol. The molecule has 0 saturated heterocycles. The Morgan fingerprint density at radius 2 is 2.05 bits per heavy atom. The molecule has 0 unspecified atom stereocenters. The molecule has 108 valence electrons. The van der Waals surface area contributed by atoms with Crippen LogP contribution in [0.5, 0.6) is 0 Å². The van der Waals surface area contributed by atoms with Gasteiger partial charge in [-0.3, -0.25) is 0 Å². The molecule has 0 fully saturated rings. The number of aromatic nitrogens is 1. The zero-order valence-corrected chi connectivity index (χ0v) is 12.1. The van der Waals surface area contributed by atoms with Crippen LogP contribution in [-0.2, 0) is 0 Å². The number of anilines is 2. The van der Waals surface area contributed by atoms with Gasteiger partial charge < -0.3 is 9.32 Å². The van der Waals surface area contributed by atoms with Crippen LogP contribution in [0.15, 0.2) is 40.2 Å². The number of hydrogen-bond donors (Lipinski definition) is 1. The Morgan fingerprint density at radius 1 is 1.33 bits per heavy atom. The first-order valence-electron chi connectivity index (χ1n) is 6.76. The van der Waals surface area contributed by atoms with Crippen LogP contribution in [0.2, 0.25) is 0 Å². The van der Waals surface area contributed by atoms with Gasteiger partial charge in [-0.2, -0.15) is 10.4 Å². The summed E-state index contributed by atoms with van der Waals surface area (Å²) in [4.78, 5) is 6.01. The quantitative estimate of drug-likeness (QED) is 0.651. The second-order valence-corrected chi connectivity index (χ2v) is 4.28. The van der Waals surface area contributed by atoms with Crippen LogP contribution in [-0.4, -0.2) is 24.3 Å². The van der Waals surface area contributed by atoms with Crippen molar-refractivity contribution in [1.29, 1.82) is 5.26 Å². The first-order valence-corrected chi connectivity index (χ1v) is 6.76. The molecular weight excluding hydrogens is 266 g/mol. The molecule has 6 nitrogen and oxygen atoms in total. The zero-order chi connectivity index (χ0) is 15.1. The van der Waals surface area contributed by atoms with E-state index in [0.29, 0.717) is 0 Å². The van der Waals surface area contributed by atoms with E-state index in [9.17, 15) is 0 Å². The summed E-state index contributed by atoms with van der Waals surface area (Å²) in [6, 6.07) is 10.0. The third-order valence-corrected chi connectivity index (χ3v) is 3.07. The van der Waals surface area contributed by atoms with Crippen LogP contribution in [0.1, 0.15) is 25.1 Å². The largest absolute Gasteiger partial charge is 0.425 e. The fraction of sp³-hybridized carbons (Fsp3) is 0.267. The average molecular weight is 283 g/mol. The van der Waals surface area contributed by atoms with E-state index in [4.69, 9.17) is 9.68 Å². The fourth-order valence-electron chi connectivity index (χ4n) is 1.93. The van der Waals surface area contributed by atoms with Gasteiger partial charge in [0.2, 0.25) is 5.69 Å². The van der Waals surface area contributed by atoms with Crippen molar-refractivity contribution in [3.8, 4) is 6.07 Å². The molecule has 0 aliphatic heterocycles. The number of nitrogens with zero attached hydrogens (tertiary/aromatic N) is 4. The summed E-state index contributed by atoms with van der Waals surface area (Å²) in [5, 5.41) is 12.8. The minimum atomic E-state index is 0.184. The van der Waals surface area contributed by atoms with Crippen LogP contribution in [0, 0.1) is 11.3 Å². The maximum absolute atomic E-state index is 8.78. The normalized spacial score (nSPS) is 10.5. The Bertz CT molecular complexity index is 635. The summed E-state index contributed by atoms with van der Waals surface area (Å²) in [5.74, 6) is 0.244. The number of benzene rings is 1. The second kappa shape index (κ2) is 7.10. The lowest BCUT2D eigenvalue weighted by molar-refractivity contribution is 0.570. The Hall–Kier alpha value is -2.81. The van der Waals surface area contributed by atoms with E-state index in [-0.39, 0.29) is 11.6 Å². The maximum Gasteiger partial charge on any atom is 0.251 e. The van der Waals surface area contributed by atoms with E-state index in [2.05, 4.69) is 46.4 Å². The summed E-state index contributed by atoms with van der Waals surface area (Å²) in [7, 11) is 0. The van der Waals surface area contributed by atoms with Gasteiger partial charge in [0.25, 0.3) is 5.88 Å². The van der Waals surface area contributed by atoms with E-state index < -0.39 is 0 Å². The first-order chi connectivity index (χ1) is 10.3. The molecule has 0 atom stereocenters. The van der Waals surface area contributed by atoms with Crippen LogP contribution in [0.3, 0.4) is 0 Å². The SMILES string of the molecule is CCN(CC)c1ccc(C=NNc2ocnc2C#N)cc1. The van der Waals surface area contributed by atoms with Crippen molar-refractivity contribution in [3.05, 3.63) is 41.9 Å². The molecule has 6 heteroatoms. The minimum absolute atomic E-state index is 0.184. The summed E-state index contributed by atoms with van der Waals surface area (Å²) in [6.07, 6.45) is 2.87.